The maximum Gasteiger partial charge on any atom is 0.171 e. The molecule has 3 heteroatoms. The third-order valence-corrected chi connectivity index (χ3v) is 3.60. The SMILES string of the molecule is NC1=C2C(=O)CSC2CCC1. The van der Waals surface area contributed by atoms with Gasteiger partial charge in [-0.05, 0) is 19.3 Å². The normalized spacial score (nSPS) is 30.9. The van der Waals surface area contributed by atoms with E-state index >= 15 is 0 Å². The molecule has 0 aromatic heterocycles. The first-order valence-electron chi connectivity index (χ1n) is 3.92. The molecule has 1 atom stereocenters. The summed E-state index contributed by atoms with van der Waals surface area (Å²) in [4.78, 5) is 11.3. The average molecular weight is 169 g/mol. The number of hydrogen-bond acceptors (Lipinski definition) is 3. The van der Waals surface area contributed by atoms with Crippen molar-refractivity contribution in [2.45, 2.75) is 24.5 Å². The van der Waals surface area contributed by atoms with Crippen molar-refractivity contribution in [3.63, 3.8) is 0 Å². The number of allylic oxidation sites excluding steroid dienone is 1. The molecule has 1 aliphatic carbocycles. The van der Waals surface area contributed by atoms with E-state index in [1.165, 1.54) is 0 Å². The Balaban J connectivity index is 2.37. The van der Waals surface area contributed by atoms with Crippen molar-refractivity contribution in [3.05, 3.63) is 11.3 Å². The predicted molar refractivity (Wildman–Crippen MR) is 46.3 cm³/mol. The molecule has 2 N–H and O–H groups in total. The molecule has 11 heavy (non-hydrogen) atoms. The van der Waals surface area contributed by atoms with Gasteiger partial charge >= 0.3 is 0 Å². The first-order chi connectivity index (χ1) is 5.29. The Labute approximate surface area is 70.2 Å². The zero-order valence-electron chi connectivity index (χ0n) is 6.30. The van der Waals surface area contributed by atoms with Crippen molar-refractivity contribution in [3.8, 4) is 0 Å². The summed E-state index contributed by atoms with van der Waals surface area (Å²) < 4.78 is 0. The molecule has 0 saturated carbocycles. The Morgan fingerprint density at radius 2 is 2.36 bits per heavy atom. The number of carbonyl (C=O) groups is 1. The van der Waals surface area contributed by atoms with Crippen LogP contribution < -0.4 is 5.73 Å². The summed E-state index contributed by atoms with van der Waals surface area (Å²) >= 11 is 1.75. The minimum absolute atomic E-state index is 0.275. The van der Waals surface area contributed by atoms with Crippen molar-refractivity contribution >= 4 is 17.5 Å². The van der Waals surface area contributed by atoms with Gasteiger partial charge in [0.15, 0.2) is 5.78 Å². The van der Waals surface area contributed by atoms with Gasteiger partial charge in [0, 0.05) is 16.5 Å². The predicted octanol–water partition coefficient (Wildman–Crippen LogP) is 1.07. The minimum Gasteiger partial charge on any atom is -0.402 e. The molecule has 0 amide bonds. The topological polar surface area (TPSA) is 43.1 Å². The molecule has 2 rings (SSSR count). The fourth-order valence-corrected chi connectivity index (χ4v) is 3.03. The number of Topliss-reactive ketones (excluding diaryl/α,β-unsaturated/α-hetero) is 1. The molecule has 1 fully saturated rings. The van der Waals surface area contributed by atoms with Gasteiger partial charge in [-0.25, -0.2) is 0 Å². The lowest BCUT2D eigenvalue weighted by molar-refractivity contribution is -0.113. The van der Waals surface area contributed by atoms with Crippen LogP contribution >= 0.6 is 11.8 Å². The highest BCUT2D eigenvalue weighted by Gasteiger charge is 2.33. The monoisotopic (exact) mass is 169 g/mol. The lowest BCUT2D eigenvalue weighted by atomic mass is 9.94. The number of ketones is 1. The first kappa shape index (κ1) is 7.22. The third-order valence-electron chi connectivity index (χ3n) is 2.30. The van der Waals surface area contributed by atoms with Crippen molar-refractivity contribution in [2.75, 3.05) is 5.75 Å². The highest BCUT2D eigenvalue weighted by molar-refractivity contribution is 8.01. The van der Waals surface area contributed by atoms with E-state index in [2.05, 4.69) is 0 Å². The van der Waals surface area contributed by atoms with E-state index in [9.17, 15) is 4.79 Å². The van der Waals surface area contributed by atoms with Crippen LogP contribution in [0.4, 0.5) is 0 Å². The van der Waals surface area contributed by atoms with E-state index in [0.29, 0.717) is 11.0 Å². The maximum atomic E-state index is 11.3. The minimum atomic E-state index is 0.275. The van der Waals surface area contributed by atoms with Crippen LogP contribution in [0.25, 0.3) is 0 Å². The summed E-state index contributed by atoms with van der Waals surface area (Å²) in [5, 5.41) is 0.441. The van der Waals surface area contributed by atoms with Crippen molar-refractivity contribution in [1.29, 1.82) is 0 Å². The molecule has 1 heterocycles. The van der Waals surface area contributed by atoms with E-state index in [4.69, 9.17) is 5.73 Å². The van der Waals surface area contributed by atoms with Crippen LogP contribution in [0.5, 0.6) is 0 Å². The van der Waals surface area contributed by atoms with E-state index in [1.54, 1.807) is 11.8 Å². The summed E-state index contributed by atoms with van der Waals surface area (Å²) in [7, 11) is 0. The van der Waals surface area contributed by atoms with Gasteiger partial charge in [-0.1, -0.05) is 0 Å². The second-order valence-corrected chi connectivity index (χ2v) is 4.25. The molecule has 2 aliphatic rings. The number of fused-ring (bicyclic) bond motifs is 1. The van der Waals surface area contributed by atoms with E-state index in [-0.39, 0.29) is 5.78 Å². The Hall–Kier alpha value is -0.440. The maximum absolute atomic E-state index is 11.3. The fourth-order valence-electron chi connectivity index (χ4n) is 1.74. The molecular formula is C8H11NOS. The van der Waals surface area contributed by atoms with E-state index in [1.807, 2.05) is 0 Å². The second-order valence-electron chi connectivity index (χ2n) is 3.05. The number of carbonyl (C=O) groups excluding carboxylic acids is 1. The molecule has 0 spiro atoms. The standard InChI is InChI=1S/C8H11NOS/c9-5-2-1-3-7-8(5)6(10)4-11-7/h7H,1-4,9H2. The highest BCUT2D eigenvalue weighted by atomic mass is 32.2. The van der Waals surface area contributed by atoms with Crippen LogP contribution in [-0.4, -0.2) is 16.8 Å². The summed E-state index contributed by atoms with van der Waals surface area (Å²) in [6, 6.07) is 0. The van der Waals surface area contributed by atoms with Gasteiger partial charge in [0.05, 0.1) is 5.75 Å². The van der Waals surface area contributed by atoms with Gasteiger partial charge in [-0.2, -0.15) is 0 Å². The first-order valence-corrected chi connectivity index (χ1v) is 4.97. The van der Waals surface area contributed by atoms with Crippen LogP contribution in [0.2, 0.25) is 0 Å². The smallest absolute Gasteiger partial charge is 0.171 e. The van der Waals surface area contributed by atoms with Crippen molar-refractivity contribution in [2.24, 2.45) is 5.73 Å². The number of nitrogens with two attached hydrogens (primary N) is 1. The van der Waals surface area contributed by atoms with Crippen LogP contribution in [0, 0.1) is 0 Å². The summed E-state index contributed by atoms with van der Waals surface area (Å²) in [6.07, 6.45) is 3.23. The summed E-state index contributed by atoms with van der Waals surface area (Å²) in [6.45, 7) is 0. The van der Waals surface area contributed by atoms with E-state index in [0.717, 1.165) is 30.5 Å². The van der Waals surface area contributed by atoms with Gasteiger partial charge in [-0.15, -0.1) is 11.8 Å². The largest absolute Gasteiger partial charge is 0.402 e. The quantitative estimate of drug-likeness (QED) is 0.590. The van der Waals surface area contributed by atoms with Gasteiger partial charge in [0.1, 0.15) is 0 Å². The van der Waals surface area contributed by atoms with Gasteiger partial charge in [0.2, 0.25) is 0 Å². The molecular weight excluding hydrogens is 158 g/mol. The summed E-state index contributed by atoms with van der Waals surface area (Å²) in [5.41, 5.74) is 7.56. The van der Waals surface area contributed by atoms with Crippen molar-refractivity contribution < 1.29 is 4.79 Å². The second kappa shape index (κ2) is 2.55. The van der Waals surface area contributed by atoms with Gasteiger partial charge < -0.3 is 5.73 Å². The zero-order valence-corrected chi connectivity index (χ0v) is 7.12. The molecule has 0 aromatic carbocycles. The lowest BCUT2D eigenvalue weighted by Gasteiger charge is -2.18. The highest BCUT2D eigenvalue weighted by Crippen LogP contribution is 2.37. The number of thioether (sulfide) groups is 1. The molecule has 0 radical (unpaired) electrons. The fraction of sp³-hybridized carbons (Fsp3) is 0.625. The molecule has 0 aromatic rings. The Morgan fingerprint density at radius 1 is 1.55 bits per heavy atom. The molecule has 1 aliphatic heterocycles. The molecule has 0 bridgehead atoms. The van der Waals surface area contributed by atoms with Crippen LogP contribution in [0.1, 0.15) is 19.3 Å². The third kappa shape index (κ3) is 1.07. The Morgan fingerprint density at radius 3 is 3.09 bits per heavy atom. The molecule has 1 saturated heterocycles. The van der Waals surface area contributed by atoms with Crippen LogP contribution in [0.3, 0.4) is 0 Å². The Bertz CT molecular complexity index is 234. The van der Waals surface area contributed by atoms with Crippen LogP contribution in [-0.2, 0) is 4.79 Å². The summed E-state index contributed by atoms with van der Waals surface area (Å²) in [5.74, 6) is 0.929. The molecule has 2 nitrogen and oxygen atoms in total. The van der Waals surface area contributed by atoms with Gasteiger partial charge in [-0.3, -0.25) is 4.79 Å². The Kier molecular flexibility index (Phi) is 1.68. The molecule has 1 unspecified atom stereocenters. The molecule has 60 valence electrons. The average Bonchev–Trinajstić information content (AvgIpc) is 2.34. The lowest BCUT2D eigenvalue weighted by Crippen LogP contribution is -2.18. The number of rotatable bonds is 0. The zero-order chi connectivity index (χ0) is 7.84. The van der Waals surface area contributed by atoms with Crippen molar-refractivity contribution in [1.82, 2.24) is 0 Å². The van der Waals surface area contributed by atoms with E-state index < -0.39 is 0 Å². The van der Waals surface area contributed by atoms with Crippen LogP contribution in [0.15, 0.2) is 11.3 Å². The van der Waals surface area contributed by atoms with Gasteiger partial charge in [0.25, 0.3) is 0 Å². The number of hydrogen-bond donors (Lipinski definition) is 1.